The van der Waals surface area contributed by atoms with Crippen LogP contribution in [0.4, 0.5) is 0 Å². The number of rotatable bonds is 3. The minimum Gasteiger partial charge on any atom is -0.390 e. The second-order valence-electron chi connectivity index (χ2n) is 3.75. The molecule has 0 radical (unpaired) electrons. The van der Waals surface area contributed by atoms with Crippen molar-refractivity contribution < 1.29 is 14.7 Å². The zero-order valence-electron chi connectivity index (χ0n) is 8.43. The van der Waals surface area contributed by atoms with Crippen LogP contribution in [-0.2, 0) is 9.59 Å². The van der Waals surface area contributed by atoms with E-state index in [1.165, 1.54) is 0 Å². The van der Waals surface area contributed by atoms with Gasteiger partial charge >= 0.3 is 0 Å². The van der Waals surface area contributed by atoms with Crippen molar-refractivity contribution in [2.45, 2.75) is 20.0 Å². The number of β-amino-alcohol motifs (C(OH)–C–C–N with tert-alkyl or cyclic N) is 1. The first kappa shape index (κ1) is 11.1. The number of hydrogen-bond donors (Lipinski definition) is 2. The molecule has 5 nitrogen and oxygen atoms in total. The molecule has 3 unspecified atom stereocenters. The number of aliphatic hydroxyl groups excluding tert-OH is 1. The van der Waals surface area contributed by atoms with Crippen LogP contribution in [0.1, 0.15) is 13.8 Å². The van der Waals surface area contributed by atoms with Crippen LogP contribution < -0.4 is 5.73 Å². The molecule has 2 amide bonds. The van der Waals surface area contributed by atoms with E-state index < -0.39 is 6.10 Å². The molecular weight excluding hydrogens is 184 g/mol. The second kappa shape index (κ2) is 4.06. The molecule has 0 aromatic heterocycles. The molecule has 0 aromatic rings. The number of carbonyl (C=O) groups is 2. The third-order valence-corrected chi connectivity index (χ3v) is 2.73. The molecule has 1 fully saturated rings. The molecule has 80 valence electrons. The van der Waals surface area contributed by atoms with Gasteiger partial charge in [0.15, 0.2) is 0 Å². The molecule has 1 aliphatic heterocycles. The number of hydrogen-bond acceptors (Lipinski definition) is 4. The van der Waals surface area contributed by atoms with Crippen molar-refractivity contribution >= 4 is 11.8 Å². The van der Waals surface area contributed by atoms with Gasteiger partial charge in [0.1, 0.15) is 0 Å². The van der Waals surface area contributed by atoms with Gasteiger partial charge in [-0.2, -0.15) is 0 Å². The molecule has 1 heterocycles. The summed E-state index contributed by atoms with van der Waals surface area (Å²) in [6, 6.07) is 0. The summed E-state index contributed by atoms with van der Waals surface area (Å²) in [6.07, 6.45) is -0.819. The van der Waals surface area contributed by atoms with Crippen LogP contribution in [0.15, 0.2) is 0 Å². The van der Waals surface area contributed by atoms with E-state index >= 15 is 0 Å². The lowest BCUT2D eigenvalue weighted by molar-refractivity contribution is -0.141. The Bertz CT molecular complexity index is 234. The van der Waals surface area contributed by atoms with Gasteiger partial charge in [0.2, 0.25) is 11.8 Å². The van der Waals surface area contributed by atoms with Crippen LogP contribution in [0.3, 0.4) is 0 Å². The van der Waals surface area contributed by atoms with Gasteiger partial charge in [0, 0.05) is 18.4 Å². The van der Waals surface area contributed by atoms with E-state index in [1.54, 1.807) is 13.8 Å². The largest absolute Gasteiger partial charge is 0.390 e. The van der Waals surface area contributed by atoms with Crippen molar-refractivity contribution in [2.75, 3.05) is 13.1 Å². The predicted octanol–water partition coefficient (Wildman–Crippen LogP) is -1.05. The average Bonchev–Trinajstić information content (AvgIpc) is 2.35. The highest BCUT2D eigenvalue weighted by atomic mass is 16.3. The molecule has 0 aliphatic carbocycles. The van der Waals surface area contributed by atoms with Crippen LogP contribution in [0, 0.1) is 11.8 Å². The Morgan fingerprint density at radius 2 is 1.79 bits per heavy atom. The van der Waals surface area contributed by atoms with E-state index in [4.69, 9.17) is 5.73 Å². The Kier molecular flexibility index (Phi) is 3.23. The van der Waals surface area contributed by atoms with Crippen molar-refractivity contribution in [1.82, 2.24) is 4.90 Å². The molecule has 0 bridgehead atoms. The molecule has 5 heteroatoms. The van der Waals surface area contributed by atoms with E-state index in [9.17, 15) is 14.7 Å². The highest BCUT2D eigenvalue weighted by molar-refractivity contribution is 6.04. The molecule has 0 saturated carbocycles. The molecule has 1 saturated heterocycles. The molecule has 0 aromatic carbocycles. The first-order valence-electron chi connectivity index (χ1n) is 4.72. The lowest BCUT2D eigenvalue weighted by Crippen LogP contribution is -2.40. The van der Waals surface area contributed by atoms with Gasteiger partial charge in [0.25, 0.3) is 0 Å². The third kappa shape index (κ3) is 1.78. The first-order valence-corrected chi connectivity index (χ1v) is 4.72. The van der Waals surface area contributed by atoms with Gasteiger partial charge in [-0.3, -0.25) is 14.5 Å². The molecule has 1 aliphatic rings. The number of nitrogens with zero attached hydrogens (tertiary/aromatic N) is 1. The van der Waals surface area contributed by atoms with Crippen LogP contribution in [-0.4, -0.2) is 41.0 Å². The van der Waals surface area contributed by atoms with Crippen LogP contribution >= 0.6 is 0 Å². The Morgan fingerprint density at radius 1 is 1.36 bits per heavy atom. The van der Waals surface area contributed by atoms with Gasteiger partial charge in [-0.25, -0.2) is 0 Å². The number of amides is 2. The van der Waals surface area contributed by atoms with Crippen molar-refractivity contribution in [1.29, 1.82) is 0 Å². The summed E-state index contributed by atoms with van der Waals surface area (Å²) >= 11 is 0. The number of carbonyl (C=O) groups excluding carboxylic acids is 2. The zero-order chi connectivity index (χ0) is 10.9. The van der Waals surface area contributed by atoms with Crippen molar-refractivity contribution in [3.8, 4) is 0 Å². The topological polar surface area (TPSA) is 83.6 Å². The SMILES string of the molecule is CC1C(=O)N(CC(O)CN)C(=O)C1C. The maximum absolute atomic E-state index is 11.5. The fourth-order valence-electron chi connectivity index (χ4n) is 1.49. The minimum absolute atomic E-state index is 0.0167. The summed E-state index contributed by atoms with van der Waals surface area (Å²) in [5.74, 6) is -0.995. The number of imide groups is 1. The summed E-state index contributed by atoms with van der Waals surface area (Å²) in [5, 5.41) is 9.26. The number of likely N-dealkylation sites (tertiary alicyclic amines) is 1. The van der Waals surface area contributed by atoms with Crippen LogP contribution in [0.2, 0.25) is 0 Å². The summed E-state index contributed by atoms with van der Waals surface area (Å²) in [6.45, 7) is 3.52. The summed E-state index contributed by atoms with van der Waals surface area (Å²) in [7, 11) is 0. The van der Waals surface area contributed by atoms with Crippen molar-refractivity contribution in [3.63, 3.8) is 0 Å². The molecule has 14 heavy (non-hydrogen) atoms. The maximum Gasteiger partial charge on any atom is 0.232 e. The smallest absolute Gasteiger partial charge is 0.232 e. The number of nitrogens with two attached hydrogens (primary N) is 1. The fourth-order valence-corrected chi connectivity index (χ4v) is 1.49. The maximum atomic E-state index is 11.5. The van der Waals surface area contributed by atoms with Crippen LogP contribution in [0.5, 0.6) is 0 Å². The van der Waals surface area contributed by atoms with Gasteiger partial charge < -0.3 is 10.8 Å². The van der Waals surface area contributed by atoms with Gasteiger partial charge in [0.05, 0.1) is 12.6 Å². The van der Waals surface area contributed by atoms with Crippen molar-refractivity contribution in [2.24, 2.45) is 17.6 Å². The summed E-state index contributed by atoms with van der Waals surface area (Å²) in [4.78, 5) is 24.2. The molecular formula is C9H16N2O3. The highest BCUT2D eigenvalue weighted by Crippen LogP contribution is 2.25. The van der Waals surface area contributed by atoms with Gasteiger partial charge in [-0.1, -0.05) is 13.8 Å². The van der Waals surface area contributed by atoms with Crippen molar-refractivity contribution in [3.05, 3.63) is 0 Å². The second-order valence-corrected chi connectivity index (χ2v) is 3.75. The molecule has 3 N–H and O–H groups in total. The quantitative estimate of drug-likeness (QED) is 0.569. The Hall–Kier alpha value is -0.940. The van der Waals surface area contributed by atoms with Gasteiger partial charge in [-0.05, 0) is 0 Å². The third-order valence-electron chi connectivity index (χ3n) is 2.73. The van der Waals surface area contributed by atoms with E-state index in [2.05, 4.69) is 0 Å². The highest BCUT2D eigenvalue weighted by Gasteiger charge is 2.42. The van der Waals surface area contributed by atoms with E-state index in [1.807, 2.05) is 0 Å². The number of aliphatic hydroxyl groups is 1. The van der Waals surface area contributed by atoms with E-state index in [0.717, 1.165) is 4.90 Å². The zero-order valence-corrected chi connectivity index (χ0v) is 8.43. The monoisotopic (exact) mass is 200 g/mol. The lowest BCUT2D eigenvalue weighted by Gasteiger charge is -2.17. The molecule has 1 rings (SSSR count). The fraction of sp³-hybridized carbons (Fsp3) is 0.778. The predicted molar refractivity (Wildman–Crippen MR) is 50.1 cm³/mol. The van der Waals surface area contributed by atoms with E-state index in [-0.39, 0.29) is 36.7 Å². The van der Waals surface area contributed by atoms with E-state index in [0.29, 0.717) is 0 Å². The molecule has 3 atom stereocenters. The Balaban J connectivity index is 2.70. The Labute approximate surface area is 82.9 Å². The normalized spacial score (nSPS) is 29.9. The summed E-state index contributed by atoms with van der Waals surface area (Å²) < 4.78 is 0. The summed E-state index contributed by atoms with van der Waals surface area (Å²) in [5.41, 5.74) is 5.21. The Morgan fingerprint density at radius 3 is 2.14 bits per heavy atom. The van der Waals surface area contributed by atoms with Gasteiger partial charge in [-0.15, -0.1) is 0 Å². The van der Waals surface area contributed by atoms with Crippen LogP contribution in [0.25, 0.3) is 0 Å². The first-order chi connectivity index (χ1) is 6.49. The standard InChI is InChI=1S/C9H16N2O3/c1-5-6(2)9(14)11(8(5)13)4-7(12)3-10/h5-7,12H,3-4,10H2,1-2H3. The lowest BCUT2D eigenvalue weighted by atomic mass is 10.00. The average molecular weight is 200 g/mol. The molecule has 0 spiro atoms. The minimum atomic E-state index is -0.819.